The number of carbonyl (C=O) groups is 1. The Morgan fingerprint density at radius 1 is 1.35 bits per heavy atom. The van der Waals surface area contributed by atoms with Crippen LogP contribution in [0.25, 0.3) is 0 Å². The highest BCUT2D eigenvalue weighted by molar-refractivity contribution is 5.69. The summed E-state index contributed by atoms with van der Waals surface area (Å²) in [7, 11) is 3.54. The van der Waals surface area contributed by atoms with E-state index in [2.05, 4.69) is 4.98 Å². The average molecular weight is 274 g/mol. The fraction of sp³-hybridized carbons (Fsp3) is 0.333. The lowest BCUT2D eigenvalue weighted by molar-refractivity contribution is -0.136. The second-order valence-corrected chi connectivity index (χ2v) is 4.71. The number of aromatic nitrogens is 2. The first kappa shape index (κ1) is 14.1. The van der Waals surface area contributed by atoms with Crippen molar-refractivity contribution in [2.45, 2.75) is 19.8 Å². The molecule has 0 aliphatic carbocycles. The first-order valence-electron chi connectivity index (χ1n) is 6.37. The topological polar surface area (TPSA) is 64.3 Å². The first-order valence-corrected chi connectivity index (χ1v) is 6.37. The highest BCUT2D eigenvalue weighted by Crippen LogP contribution is 2.17. The summed E-state index contributed by atoms with van der Waals surface area (Å²) >= 11 is 0. The third kappa shape index (κ3) is 2.99. The molecular formula is C15H18N2O3. The largest absolute Gasteiger partial charge is 0.497 e. The molecule has 0 saturated carbocycles. The van der Waals surface area contributed by atoms with Crippen LogP contribution in [0, 0.1) is 6.92 Å². The predicted molar refractivity (Wildman–Crippen MR) is 75.1 cm³/mol. The van der Waals surface area contributed by atoms with Gasteiger partial charge >= 0.3 is 5.97 Å². The van der Waals surface area contributed by atoms with Crippen LogP contribution in [-0.4, -0.2) is 27.7 Å². The first-order chi connectivity index (χ1) is 9.51. The Kier molecular flexibility index (Phi) is 4.08. The van der Waals surface area contributed by atoms with Gasteiger partial charge in [0.1, 0.15) is 11.6 Å². The Balaban J connectivity index is 2.22. The zero-order valence-corrected chi connectivity index (χ0v) is 11.9. The Labute approximate surface area is 117 Å². The van der Waals surface area contributed by atoms with Gasteiger partial charge in [-0.05, 0) is 24.6 Å². The molecule has 20 heavy (non-hydrogen) atoms. The van der Waals surface area contributed by atoms with Crippen molar-refractivity contribution in [1.29, 1.82) is 0 Å². The van der Waals surface area contributed by atoms with Crippen LogP contribution >= 0.6 is 0 Å². The minimum Gasteiger partial charge on any atom is -0.497 e. The molecule has 2 rings (SSSR count). The molecule has 0 bridgehead atoms. The number of hydrogen-bond acceptors (Lipinski definition) is 3. The summed E-state index contributed by atoms with van der Waals surface area (Å²) in [6.07, 6.45) is 0.628. The van der Waals surface area contributed by atoms with Gasteiger partial charge in [-0.3, -0.25) is 4.79 Å². The maximum Gasteiger partial charge on any atom is 0.309 e. The summed E-state index contributed by atoms with van der Waals surface area (Å²) < 4.78 is 7.07. The number of hydrogen-bond donors (Lipinski definition) is 1. The minimum absolute atomic E-state index is 0.0394. The van der Waals surface area contributed by atoms with E-state index in [-0.39, 0.29) is 6.42 Å². The van der Waals surface area contributed by atoms with E-state index >= 15 is 0 Å². The second kappa shape index (κ2) is 5.77. The molecule has 0 aliphatic heterocycles. The Bertz CT molecular complexity index is 615. The standard InChI is InChI=1S/C15H18N2O3/c1-10-13(9-15(18)19)16-14(17(10)2)8-11-4-6-12(20-3)7-5-11/h4-7H,8-9H2,1-3H3,(H,18,19). The normalized spacial score (nSPS) is 10.6. The molecular weight excluding hydrogens is 256 g/mol. The number of methoxy groups -OCH3 is 1. The predicted octanol–water partition coefficient (Wildman–Crippen LogP) is 1.96. The van der Waals surface area contributed by atoms with E-state index < -0.39 is 5.97 Å². The number of carboxylic acid groups (broad SMARTS) is 1. The fourth-order valence-corrected chi connectivity index (χ4v) is 2.09. The molecule has 0 saturated heterocycles. The molecule has 2 aromatic rings. The lowest BCUT2D eigenvalue weighted by Gasteiger charge is -2.04. The molecule has 106 valence electrons. The summed E-state index contributed by atoms with van der Waals surface area (Å²) in [6, 6.07) is 7.78. The van der Waals surface area contributed by atoms with Crippen molar-refractivity contribution in [3.8, 4) is 5.75 Å². The molecule has 0 amide bonds. The van der Waals surface area contributed by atoms with E-state index in [1.54, 1.807) is 7.11 Å². The van der Waals surface area contributed by atoms with Gasteiger partial charge in [-0.2, -0.15) is 0 Å². The molecule has 0 fully saturated rings. The van der Waals surface area contributed by atoms with Crippen LogP contribution in [0.3, 0.4) is 0 Å². The molecule has 0 unspecified atom stereocenters. The zero-order valence-electron chi connectivity index (χ0n) is 11.9. The van der Waals surface area contributed by atoms with Crippen molar-refractivity contribution < 1.29 is 14.6 Å². The molecule has 1 N–H and O–H groups in total. The van der Waals surface area contributed by atoms with Gasteiger partial charge in [0.05, 0.1) is 19.2 Å². The van der Waals surface area contributed by atoms with E-state index in [4.69, 9.17) is 9.84 Å². The molecule has 1 aromatic carbocycles. The quantitative estimate of drug-likeness (QED) is 0.905. The van der Waals surface area contributed by atoms with Crippen molar-refractivity contribution in [3.63, 3.8) is 0 Å². The Morgan fingerprint density at radius 3 is 2.55 bits per heavy atom. The fourth-order valence-electron chi connectivity index (χ4n) is 2.09. The number of imidazole rings is 1. The van der Waals surface area contributed by atoms with Crippen molar-refractivity contribution in [1.82, 2.24) is 9.55 Å². The number of benzene rings is 1. The highest BCUT2D eigenvalue weighted by Gasteiger charge is 2.14. The maximum absolute atomic E-state index is 10.8. The number of rotatable bonds is 5. The van der Waals surface area contributed by atoms with E-state index in [0.717, 1.165) is 22.8 Å². The molecule has 5 nitrogen and oxygen atoms in total. The average Bonchev–Trinajstić information content (AvgIpc) is 2.67. The van der Waals surface area contributed by atoms with Crippen molar-refractivity contribution in [2.24, 2.45) is 7.05 Å². The lowest BCUT2D eigenvalue weighted by atomic mass is 10.1. The summed E-state index contributed by atoms with van der Waals surface area (Å²) in [5.41, 5.74) is 2.64. The number of aliphatic carboxylic acids is 1. The van der Waals surface area contributed by atoms with E-state index in [0.29, 0.717) is 12.1 Å². The van der Waals surface area contributed by atoms with Gasteiger partial charge in [0.2, 0.25) is 0 Å². The maximum atomic E-state index is 10.8. The lowest BCUT2D eigenvalue weighted by Crippen LogP contribution is -2.02. The van der Waals surface area contributed by atoms with Crippen LogP contribution in [0.2, 0.25) is 0 Å². The minimum atomic E-state index is -0.859. The van der Waals surface area contributed by atoms with Crippen LogP contribution < -0.4 is 4.74 Å². The molecule has 0 aliphatic rings. The molecule has 0 atom stereocenters. The van der Waals surface area contributed by atoms with Crippen LogP contribution in [-0.2, 0) is 24.7 Å². The second-order valence-electron chi connectivity index (χ2n) is 4.71. The summed E-state index contributed by atoms with van der Waals surface area (Å²) in [6.45, 7) is 1.89. The van der Waals surface area contributed by atoms with Gasteiger partial charge in [-0.15, -0.1) is 0 Å². The number of ether oxygens (including phenoxy) is 1. The molecule has 1 heterocycles. The van der Waals surface area contributed by atoms with Crippen LogP contribution in [0.15, 0.2) is 24.3 Å². The van der Waals surface area contributed by atoms with Crippen LogP contribution in [0.4, 0.5) is 0 Å². The van der Waals surface area contributed by atoms with Gasteiger partial charge in [0, 0.05) is 19.2 Å². The van der Waals surface area contributed by atoms with Crippen molar-refractivity contribution in [2.75, 3.05) is 7.11 Å². The Hall–Kier alpha value is -2.30. The van der Waals surface area contributed by atoms with Gasteiger partial charge in [0.15, 0.2) is 0 Å². The zero-order chi connectivity index (χ0) is 14.7. The third-order valence-corrected chi connectivity index (χ3v) is 3.41. The van der Waals surface area contributed by atoms with E-state index in [1.807, 2.05) is 42.8 Å². The molecule has 1 aromatic heterocycles. The van der Waals surface area contributed by atoms with Gasteiger partial charge in [-0.25, -0.2) is 4.98 Å². The number of carboxylic acids is 1. The molecule has 0 radical (unpaired) electrons. The summed E-state index contributed by atoms with van der Waals surface area (Å²) in [5.74, 6) is 0.822. The highest BCUT2D eigenvalue weighted by atomic mass is 16.5. The SMILES string of the molecule is COc1ccc(Cc2nc(CC(=O)O)c(C)n2C)cc1. The van der Waals surface area contributed by atoms with Crippen LogP contribution in [0.5, 0.6) is 5.75 Å². The third-order valence-electron chi connectivity index (χ3n) is 3.41. The summed E-state index contributed by atoms with van der Waals surface area (Å²) in [4.78, 5) is 15.2. The molecule has 0 spiro atoms. The van der Waals surface area contributed by atoms with Gasteiger partial charge in [0.25, 0.3) is 0 Å². The van der Waals surface area contributed by atoms with Gasteiger partial charge in [-0.1, -0.05) is 12.1 Å². The van der Waals surface area contributed by atoms with Gasteiger partial charge < -0.3 is 14.4 Å². The monoisotopic (exact) mass is 274 g/mol. The number of nitrogens with zero attached hydrogens (tertiary/aromatic N) is 2. The summed E-state index contributed by atoms with van der Waals surface area (Å²) in [5, 5.41) is 8.88. The molecule has 5 heteroatoms. The van der Waals surface area contributed by atoms with E-state index in [1.165, 1.54) is 0 Å². The smallest absolute Gasteiger partial charge is 0.309 e. The Morgan fingerprint density at radius 2 is 2.00 bits per heavy atom. The van der Waals surface area contributed by atoms with Crippen molar-refractivity contribution >= 4 is 5.97 Å². The van der Waals surface area contributed by atoms with Crippen molar-refractivity contribution in [3.05, 3.63) is 47.0 Å². The van der Waals surface area contributed by atoms with Crippen LogP contribution in [0.1, 0.15) is 22.8 Å². The van der Waals surface area contributed by atoms with E-state index in [9.17, 15) is 4.79 Å².